The molecule has 2 unspecified atom stereocenters. The Morgan fingerprint density at radius 1 is 1.37 bits per heavy atom. The fraction of sp³-hybridized carbons (Fsp3) is 0.533. The van der Waals surface area contributed by atoms with E-state index in [1.807, 2.05) is 36.1 Å². The summed E-state index contributed by atoms with van der Waals surface area (Å²) in [6, 6.07) is 7.45. The molecule has 0 spiro atoms. The minimum Gasteiger partial charge on any atom is -0.399 e. The van der Waals surface area contributed by atoms with Gasteiger partial charge in [-0.1, -0.05) is 6.92 Å². The van der Waals surface area contributed by atoms with Crippen molar-refractivity contribution in [3.63, 3.8) is 0 Å². The van der Waals surface area contributed by atoms with E-state index in [0.717, 1.165) is 18.5 Å². The summed E-state index contributed by atoms with van der Waals surface area (Å²) in [6.45, 7) is 5.41. The first-order chi connectivity index (χ1) is 9.17. The highest BCUT2D eigenvalue weighted by molar-refractivity contribution is 5.95. The minimum atomic E-state index is -0.0116. The summed E-state index contributed by atoms with van der Waals surface area (Å²) in [5, 5.41) is 0. The molecule has 2 rings (SSSR count). The Balaban J connectivity index is 2.17. The van der Waals surface area contributed by atoms with E-state index in [0.29, 0.717) is 18.8 Å². The van der Waals surface area contributed by atoms with Crippen molar-refractivity contribution in [2.24, 2.45) is 5.92 Å². The Morgan fingerprint density at radius 3 is 2.63 bits per heavy atom. The molecule has 1 aromatic carbocycles. The second-order valence-electron chi connectivity index (χ2n) is 4.89. The summed E-state index contributed by atoms with van der Waals surface area (Å²) in [5.41, 5.74) is 7.30. The summed E-state index contributed by atoms with van der Waals surface area (Å²) >= 11 is 0. The number of amides is 1. The SMILES string of the molecule is CCC1OCCC1C(=O)N(CC)c1ccc(N)cc1. The summed E-state index contributed by atoms with van der Waals surface area (Å²) in [5.74, 6) is 0.152. The lowest BCUT2D eigenvalue weighted by molar-refractivity contribution is -0.124. The van der Waals surface area contributed by atoms with Gasteiger partial charge in [-0.25, -0.2) is 0 Å². The van der Waals surface area contributed by atoms with E-state index < -0.39 is 0 Å². The summed E-state index contributed by atoms with van der Waals surface area (Å²) < 4.78 is 5.62. The van der Waals surface area contributed by atoms with Gasteiger partial charge in [0.25, 0.3) is 0 Å². The van der Waals surface area contributed by atoms with Crippen LogP contribution in [0.3, 0.4) is 0 Å². The van der Waals surface area contributed by atoms with Gasteiger partial charge in [0.05, 0.1) is 12.0 Å². The number of hydrogen-bond acceptors (Lipinski definition) is 3. The molecule has 19 heavy (non-hydrogen) atoms. The van der Waals surface area contributed by atoms with Gasteiger partial charge in [0.2, 0.25) is 5.91 Å². The second kappa shape index (κ2) is 6.06. The maximum Gasteiger partial charge on any atom is 0.232 e. The number of nitrogens with zero attached hydrogens (tertiary/aromatic N) is 1. The van der Waals surface area contributed by atoms with Crippen molar-refractivity contribution in [1.82, 2.24) is 0 Å². The van der Waals surface area contributed by atoms with Gasteiger partial charge in [-0.05, 0) is 44.0 Å². The first kappa shape index (κ1) is 13.9. The van der Waals surface area contributed by atoms with E-state index in [-0.39, 0.29) is 17.9 Å². The zero-order chi connectivity index (χ0) is 13.8. The Hall–Kier alpha value is -1.55. The third-order valence-electron chi connectivity index (χ3n) is 3.72. The van der Waals surface area contributed by atoms with Crippen LogP contribution in [0, 0.1) is 5.92 Å². The first-order valence-electron chi connectivity index (χ1n) is 6.95. The number of hydrogen-bond donors (Lipinski definition) is 1. The summed E-state index contributed by atoms with van der Waals surface area (Å²) in [6.07, 6.45) is 1.77. The standard InChI is InChI=1S/C15H22N2O2/c1-3-14-13(9-10-19-14)15(18)17(4-2)12-7-5-11(16)6-8-12/h5-8,13-14H,3-4,9-10,16H2,1-2H3. The Kier molecular flexibility index (Phi) is 4.43. The molecule has 0 bridgehead atoms. The number of carbonyl (C=O) groups is 1. The molecule has 1 amide bonds. The van der Waals surface area contributed by atoms with Gasteiger partial charge in [-0.2, -0.15) is 0 Å². The van der Waals surface area contributed by atoms with Crippen LogP contribution in [0.5, 0.6) is 0 Å². The van der Waals surface area contributed by atoms with Crippen molar-refractivity contribution in [3.05, 3.63) is 24.3 Å². The van der Waals surface area contributed by atoms with Crippen LogP contribution in [0.15, 0.2) is 24.3 Å². The van der Waals surface area contributed by atoms with Crippen LogP contribution in [-0.2, 0) is 9.53 Å². The zero-order valence-corrected chi connectivity index (χ0v) is 11.6. The van der Waals surface area contributed by atoms with Crippen LogP contribution in [0.4, 0.5) is 11.4 Å². The normalized spacial score (nSPS) is 22.4. The molecular formula is C15H22N2O2. The van der Waals surface area contributed by atoms with Gasteiger partial charge < -0.3 is 15.4 Å². The van der Waals surface area contributed by atoms with Crippen LogP contribution in [0.2, 0.25) is 0 Å². The van der Waals surface area contributed by atoms with E-state index in [9.17, 15) is 4.79 Å². The molecule has 0 saturated carbocycles. The fourth-order valence-corrected chi connectivity index (χ4v) is 2.65. The highest BCUT2D eigenvalue weighted by Crippen LogP contribution is 2.28. The lowest BCUT2D eigenvalue weighted by Crippen LogP contribution is -2.39. The van der Waals surface area contributed by atoms with Crippen molar-refractivity contribution in [2.45, 2.75) is 32.8 Å². The lowest BCUT2D eigenvalue weighted by Gasteiger charge is -2.26. The molecule has 1 aromatic rings. The van der Waals surface area contributed by atoms with Crippen molar-refractivity contribution in [1.29, 1.82) is 0 Å². The quantitative estimate of drug-likeness (QED) is 0.848. The van der Waals surface area contributed by atoms with Crippen molar-refractivity contribution >= 4 is 17.3 Å². The molecule has 1 heterocycles. The van der Waals surface area contributed by atoms with Gasteiger partial charge in [-0.3, -0.25) is 4.79 Å². The number of anilines is 2. The van der Waals surface area contributed by atoms with Gasteiger partial charge in [-0.15, -0.1) is 0 Å². The van der Waals surface area contributed by atoms with Crippen LogP contribution < -0.4 is 10.6 Å². The number of carbonyl (C=O) groups excluding carboxylic acids is 1. The molecular weight excluding hydrogens is 240 g/mol. The van der Waals surface area contributed by atoms with E-state index in [4.69, 9.17) is 10.5 Å². The van der Waals surface area contributed by atoms with E-state index >= 15 is 0 Å². The second-order valence-corrected chi connectivity index (χ2v) is 4.89. The Morgan fingerprint density at radius 2 is 2.05 bits per heavy atom. The van der Waals surface area contributed by atoms with Crippen LogP contribution >= 0.6 is 0 Å². The molecule has 0 aliphatic carbocycles. The third kappa shape index (κ3) is 2.89. The zero-order valence-electron chi connectivity index (χ0n) is 11.6. The van der Waals surface area contributed by atoms with Gasteiger partial charge in [0.15, 0.2) is 0 Å². The van der Waals surface area contributed by atoms with Gasteiger partial charge in [0, 0.05) is 24.5 Å². The molecule has 104 valence electrons. The van der Waals surface area contributed by atoms with Crippen molar-refractivity contribution < 1.29 is 9.53 Å². The number of ether oxygens (including phenoxy) is 1. The summed E-state index contributed by atoms with van der Waals surface area (Å²) in [4.78, 5) is 14.5. The monoisotopic (exact) mass is 262 g/mol. The minimum absolute atomic E-state index is 0.0116. The predicted molar refractivity (Wildman–Crippen MR) is 77.0 cm³/mol. The average Bonchev–Trinajstić information content (AvgIpc) is 2.90. The average molecular weight is 262 g/mol. The molecule has 1 fully saturated rings. The molecule has 0 aromatic heterocycles. The van der Waals surface area contributed by atoms with E-state index in [1.165, 1.54) is 0 Å². The van der Waals surface area contributed by atoms with Crippen LogP contribution in [-0.4, -0.2) is 25.2 Å². The molecule has 1 aliphatic rings. The number of benzene rings is 1. The maximum absolute atomic E-state index is 12.6. The largest absolute Gasteiger partial charge is 0.399 e. The third-order valence-corrected chi connectivity index (χ3v) is 3.72. The Bertz CT molecular complexity index is 430. The number of nitrogen functional groups attached to an aromatic ring is 1. The molecule has 1 aliphatic heterocycles. The first-order valence-corrected chi connectivity index (χ1v) is 6.95. The van der Waals surface area contributed by atoms with Crippen LogP contribution in [0.1, 0.15) is 26.7 Å². The summed E-state index contributed by atoms with van der Waals surface area (Å²) in [7, 11) is 0. The van der Waals surface area contributed by atoms with Gasteiger partial charge in [0.1, 0.15) is 0 Å². The highest BCUT2D eigenvalue weighted by atomic mass is 16.5. The van der Waals surface area contributed by atoms with Crippen molar-refractivity contribution in [2.75, 3.05) is 23.8 Å². The Labute approximate surface area is 114 Å². The van der Waals surface area contributed by atoms with E-state index in [2.05, 4.69) is 6.92 Å². The lowest BCUT2D eigenvalue weighted by atomic mass is 9.97. The molecule has 2 atom stereocenters. The molecule has 1 saturated heterocycles. The molecule has 0 radical (unpaired) electrons. The predicted octanol–water partition coefficient (Wildman–Crippen LogP) is 2.44. The van der Waals surface area contributed by atoms with Crippen molar-refractivity contribution in [3.8, 4) is 0 Å². The maximum atomic E-state index is 12.6. The van der Waals surface area contributed by atoms with Crippen LogP contribution in [0.25, 0.3) is 0 Å². The topological polar surface area (TPSA) is 55.6 Å². The van der Waals surface area contributed by atoms with Gasteiger partial charge >= 0.3 is 0 Å². The van der Waals surface area contributed by atoms with E-state index in [1.54, 1.807) is 0 Å². The fourth-order valence-electron chi connectivity index (χ4n) is 2.65. The molecule has 4 heteroatoms. The smallest absolute Gasteiger partial charge is 0.232 e. The number of rotatable bonds is 4. The molecule has 2 N–H and O–H groups in total. The highest BCUT2D eigenvalue weighted by Gasteiger charge is 2.35. The molecule has 4 nitrogen and oxygen atoms in total. The number of nitrogens with two attached hydrogens (primary N) is 1.